The molecule has 1 atom stereocenters. The van der Waals surface area contributed by atoms with Gasteiger partial charge in [0.25, 0.3) is 5.92 Å². The fourth-order valence-corrected chi connectivity index (χ4v) is 1.83. The van der Waals surface area contributed by atoms with E-state index in [1.54, 1.807) is 6.07 Å². The summed E-state index contributed by atoms with van der Waals surface area (Å²) in [5, 5.41) is 2.82. The van der Waals surface area contributed by atoms with Crippen molar-refractivity contribution in [2.75, 3.05) is 12.4 Å². The number of rotatable bonds is 2. The van der Waals surface area contributed by atoms with Gasteiger partial charge in [0.2, 0.25) is 0 Å². The molecule has 0 fully saturated rings. The monoisotopic (exact) mass is 213 g/mol. The van der Waals surface area contributed by atoms with Crippen molar-refractivity contribution < 1.29 is 13.5 Å². The SMILES string of the molecule is COc1cccc2c1NC(C(C)(F)F)C2. The minimum absolute atomic E-state index is 0.343. The molecule has 1 aliphatic heterocycles. The van der Waals surface area contributed by atoms with E-state index in [-0.39, 0.29) is 0 Å². The van der Waals surface area contributed by atoms with Gasteiger partial charge in [0.05, 0.1) is 18.8 Å². The first kappa shape index (κ1) is 10.2. The lowest BCUT2D eigenvalue weighted by Gasteiger charge is -2.19. The van der Waals surface area contributed by atoms with Gasteiger partial charge in [0.15, 0.2) is 0 Å². The molecule has 2 rings (SSSR count). The van der Waals surface area contributed by atoms with E-state index in [0.717, 1.165) is 12.5 Å². The van der Waals surface area contributed by atoms with Crippen molar-refractivity contribution in [3.63, 3.8) is 0 Å². The first-order chi connectivity index (χ1) is 7.02. The number of para-hydroxylation sites is 1. The van der Waals surface area contributed by atoms with Gasteiger partial charge in [-0.2, -0.15) is 0 Å². The molecule has 0 aromatic heterocycles. The van der Waals surface area contributed by atoms with Crippen molar-refractivity contribution in [2.45, 2.75) is 25.3 Å². The van der Waals surface area contributed by atoms with Crippen LogP contribution in [-0.2, 0) is 6.42 Å². The molecule has 0 radical (unpaired) electrons. The predicted octanol–water partition coefficient (Wildman–Crippen LogP) is 2.69. The van der Waals surface area contributed by atoms with Gasteiger partial charge in [-0.15, -0.1) is 0 Å². The predicted molar refractivity (Wildman–Crippen MR) is 54.7 cm³/mol. The van der Waals surface area contributed by atoms with E-state index in [2.05, 4.69) is 5.32 Å². The maximum Gasteiger partial charge on any atom is 0.265 e. The summed E-state index contributed by atoms with van der Waals surface area (Å²) in [6.07, 6.45) is 0.343. The molecule has 1 heterocycles. The molecule has 1 unspecified atom stereocenters. The summed E-state index contributed by atoms with van der Waals surface area (Å²) in [6, 6.07) is 4.59. The summed E-state index contributed by atoms with van der Waals surface area (Å²) in [5.41, 5.74) is 1.59. The van der Waals surface area contributed by atoms with Crippen LogP contribution in [0.4, 0.5) is 14.5 Å². The van der Waals surface area contributed by atoms with E-state index in [9.17, 15) is 8.78 Å². The van der Waals surface area contributed by atoms with Crippen LogP contribution in [0.5, 0.6) is 5.75 Å². The molecule has 0 bridgehead atoms. The van der Waals surface area contributed by atoms with Crippen LogP contribution in [0.15, 0.2) is 18.2 Å². The zero-order valence-electron chi connectivity index (χ0n) is 8.68. The molecule has 2 nitrogen and oxygen atoms in total. The molecule has 0 aliphatic carbocycles. The number of methoxy groups -OCH3 is 1. The maximum absolute atomic E-state index is 13.1. The van der Waals surface area contributed by atoms with Crippen LogP contribution in [0, 0.1) is 0 Å². The van der Waals surface area contributed by atoms with Gasteiger partial charge in [-0.25, -0.2) is 8.78 Å². The van der Waals surface area contributed by atoms with Crippen molar-refractivity contribution in [3.8, 4) is 5.75 Å². The van der Waals surface area contributed by atoms with Crippen molar-refractivity contribution >= 4 is 5.69 Å². The van der Waals surface area contributed by atoms with Gasteiger partial charge < -0.3 is 10.1 Å². The highest BCUT2D eigenvalue weighted by atomic mass is 19.3. The number of fused-ring (bicyclic) bond motifs is 1. The Balaban J connectivity index is 2.31. The number of ether oxygens (including phenoxy) is 1. The highest BCUT2D eigenvalue weighted by Gasteiger charge is 2.39. The molecule has 1 N–H and O–H groups in total. The third kappa shape index (κ3) is 1.76. The van der Waals surface area contributed by atoms with E-state index in [4.69, 9.17) is 4.74 Å². The van der Waals surface area contributed by atoms with Crippen molar-refractivity contribution in [3.05, 3.63) is 23.8 Å². The fraction of sp³-hybridized carbons (Fsp3) is 0.455. The van der Waals surface area contributed by atoms with Gasteiger partial charge >= 0.3 is 0 Å². The molecule has 4 heteroatoms. The van der Waals surface area contributed by atoms with Gasteiger partial charge in [-0.3, -0.25) is 0 Å². The second-order valence-corrected chi connectivity index (χ2v) is 3.85. The van der Waals surface area contributed by atoms with Crippen molar-refractivity contribution in [1.29, 1.82) is 0 Å². The highest BCUT2D eigenvalue weighted by Crippen LogP contribution is 2.38. The number of benzene rings is 1. The summed E-state index contributed by atoms with van der Waals surface area (Å²) in [6.45, 7) is 0.934. The molecule has 1 aromatic rings. The Bertz CT molecular complexity index is 373. The number of hydrogen-bond donors (Lipinski definition) is 1. The fourth-order valence-electron chi connectivity index (χ4n) is 1.83. The van der Waals surface area contributed by atoms with Crippen LogP contribution in [0.3, 0.4) is 0 Å². The maximum atomic E-state index is 13.1. The van der Waals surface area contributed by atoms with Crippen LogP contribution in [0.25, 0.3) is 0 Å². The van der Waals surface area contributed by atoms with E-state index < -0.39 is 12.0 Å². The van der Waals surface area contributed by atoms with Gasteiger partial charge in [0, 0.05) is 13.3 Å². The molecular weight excluding hydrogens is 200 g/mol. The van der Waals surface area contributed by atoms with Crippen LogP contribution in [-0.4, -0.2) is 19.1 Å². The highest BCUT2D eigenvalue weighted by molar-refractivity contribution is 5.66. The van der Waals surface area contributed by atoms with E-state index in [0.29, 0.717) is 17.9 Å². The normalized spacial score (nSPS) is 19.6. The molecule has 15 heavy (non-hydrogen) atoms. The van der Waals surface area contributed by atoms with E-state index >= 15 is 0 Å². The Morgan fingerprint density at radius 2 is 2.20 bits per heavy atom. The lowest BCUT2D eigenvalue weighted by Crippen LogP contribution is -2.35. The minimum atomic E-state index is -2.72. The van der Waals surface area contributed by atoms with Gasteiger partial charge in [0.1, 0.15) is 5.75 Å². The Morgan fingerprint density at radius 1 is 1.47 bits per heavy atom. The molecular formula is C11H13F2NO. The zero-order valence-corrected chi connectivity index (χ0v) is 8.68. The van der Waals surface area contributed by atoms with Crippen LogP contribution < -0.4 is 10.1 Å². The lowest BCUT2D eigenvalue weighted by molar-refractivity contribution is 0.00369. The number of alkyl halides is 2. The van der Waals surface area contributed by atoms with Crippen LogP contribution in [0.2, 0.25) is 0 Å². The summed E-state index contributed by atoms with van der Waals surface area (Å²) in [5.74, 6) is -2.09. The molecule has 0 spiro atoms. The third-order valence-electron chi connectivity index (χ3n) is 2.69. The number of halogens is 2. The second-order valence-electron chi connectivity index (χ2n) is 3.85. The molecule has 0 saturated heterocycles. The van der Waals surface area contributed by atoms with E-state index in [1.165, 1.54) is 7.11 Å². The lowest BCUT2D eigenvalue weighted by atomic mass is 10.1. The van der Waals surface area contributed by atoms with Crippen LogP contribution >= 0.6 is 0 Å². The Kier molecular flexibility index (Phi) is 2.29. The standard InChI is InChI=1S/C11H13F2NO/c1-11(12,13)9-6-7-4-3-5-8(15-2)10(7)14-9/h3-5,9,14H,6H2,1-2H3. The Labute approximate surface area is 87.2 Å². The third-order valence-corrected chi connectivity index (χ3v) is 2.69. The first-order valence-electron chi connectivity index (χ1n) is 4.82. The molecule has 0 amide bonds. The molecule has 1 aliphatic rings. The average Bonchev–Trinajstić information content (AvgIpc) is 2.59. The first-order valence-corrected chi connectivity index (χ1v) is 4.82. The topological polar surface area (TPSA) is 21.3 Å². The summed E-state index contributed by atoms with van der Waals surface area (Å²) < 4.78 is 31.4. The number of hydrogen-bond acceptors (Lipinski definition) is 2. The second kappa shape index (κ2) is 3.36. The van der Waals surface area contributed by atoms with Crippen LogP contribution in [0.1, 0.15) is 12.5 Å². The number of anilines is 1. The number of nitrogens with one attached hydrogen (secondary N) is 1. The summed E-state index contributed by atoms with van der Waals surface area (Å²) in [4.78, 5) is 0. The molecule has 1 aromatic carbocycles. The largest absolute Gasteiger partial charge is 0.495 e. The molecule has 0 saturated carbocycles. The quantitative estimate of drug-likeness (QED) is 0.815. The minimum Gasteiger partial charge on any atom is -0.495 e. The smallest absolute Gasteiger partial charge is 0.265 e. The average molecular weight is 213 g/mol. The summed E-state index contributed by atoms with van der Waals surface area (Å²) in [7, 11) is 1.54. The van der Waals surface area contributed by atoms with Gasteiger partial charge in [-0.05, 0) is 11.6 Å². The van der Waals surface area contributed by atoms with Gasteiger partial charge in [-0.1, -0.05) is 12.1 Å². The Morgan fingerprint density at radius 3 is 2.80 bits per heavy atom. The molecule has 82 valence electrons. The van der Waals surface area contributed by atoms with E-state index in [1.807, 2.05) is 12.1 Å². The summed E-state index contributed by atoms with van der Waals surface area (Å²) >= 11 is 0. The van der Waals surface area contributed by atoms with Crippen molar-refractivity contribution in [2.24, 2.45) is 0 Å². The zero-order chi connectivity index (χ0) is 11.1. The Hall–Kier alpha value is -1.32. The van der Waals surface area contributed by atoms with Crippen molar-refractivity contribution in [1.82, 2.24) is 0 Å².